The van der Waals surface area contributed by atoms with Gasteiger partial charge in [0.25, 0.3) is 10.1 Å². The quantitative estimate of drug-likeness (QED) is 0.439. The van der Waals surface area contributed by atoms with Crippen LogP contribution in [0, 0.1) is 0 Å². The predicted octanol–water partition coefficient (Wildman–Crippen LogP) is 0.397. The molecule has 1 aromatic rings. The Bertz CT molecular complexity index is 649. The van der Waals surface area contributed by atoms with E-state index >= 15 is 0 Å². The fraction of sp³-hybridized carbons (Fsp3) is 0.500. The molecule has 0 N–H and O–H groups in total. The monoisotopic (exact) mass is 354 g/mol. The van der Waals surface area contributed by atoms with E-state index < -0.39 is 31.8 Å². The zero-order valence-corrected chi connectivity index (χ0v) is 13.9. The molecule has 0 saturated heterocycles. The molecule has 22 heavy (non-hydrogen) atoms. The van der Waals surface area contributed by atoms with E-state index in [1.807, 2.05) is 0 Å². The number of sulfone groups is 1. The van der Waals surface area contributed by atoms with Crippen molar-refractivity contribution in [3.8, 4) is 11.5 Å². The van der Waals surface area contributed by atoms with Crippen LogP contribution < -0.4 is 9.47 Å². The Morgan fingerprint density at radius 2 is 1.41 bits per heavy atom. The summed E-state index contributed by atoms with van der Waals surface area (Å²) in [6.07, 6.45) is 0.955. The second-order valence-electron chi connectivity index (χ2n) is 4.26. The maximum atomic E-state index is 11.4. The summed E-state index contributed by atoms with van der Waals surface area (Å²) in [6, 6.07) is 6.21. The fourth-order valence-corrected chi connectivity index (χ4v) is 2.46. The van der Waals surface area contributed by atoms with Crippen LogP contribution in [0.3, 0.4) is 0 Å². The molecule has 1 aromatic carbocycles. The lowest BCUT2D eigenvalue weighted by Crippen LogP contribution is -2.16. The smallest absolute Gasteiger partial charge is 0.264 e. The van der Waals surface area contributed by atoms with Gasteiger partial charge in [0.05, 0.1) is 6.26 Å². The van der Waals surface area contributed by atoms with Gasteiger partial charge >= 0.3 is 0 Å². The molecule has 8 nitrogen and oxygen atoms in total. The molecule has 0 amide bonds. The van der Waals surface area contributed by atoms with E-state index in [0.717, 1.165) is 6.26 Å². The third kappa shape index (κ3) is 8.17. The van der Waals surface area contributed by atoms with Crippen LogP contribution in [-0.2, 0) is 28.9 Å². The van der Waals surface area contributed by atoms with E-state index in [9.17, 15) is 16.8 Å². The summed E-state index contributed by atoms with van der Waals surface area (Å²) in [4.78, 5) is 0. The van der Waals surface area contributed by atoms with Crippen molar-refractivity contribution in [2.75, 3.05) is 38.5 Å². The van der Waals surface area contributed by atoms with Gasteiger partial charge in [-0.05, 0) is 24.3 Å². The number of ether oxygens (including phenoxy) is 3. The van der Waals surface area contributed by atoms with Gasteiger partial charge in [-0.3, -0.25) is 4.18 Å². The maximum absolute atomic E-state index is 11.4. The fourth-order valence-electron chi connectivity index (χ4n) is 1.35. The van der Waals surface area contributed by atoms with Gasteiger partial charge in [-0.2, -0.15) is 8.42 Å². The highest BCUT2D eigenvalue weighted by atomic mass is 32.2. The van der Waals surface area contributed by atoms with E-state index in [2.05, 4.69) is 8.92 Å². The lowest BCUT2D eigenvalue weighted by atomic mass is 10.3. The van der Waals surface area contributed by atoms with Gasteiger partial charge in [0.2, 0.25) is 9.84 Å². The molecule has 0 radical (unpaired) electrons. The van der Waals surface area contributed by atoms with Crippen molar-refractivity contribution >= 4 is 20.0 Å². The summed E-state index contributed by atoms with van der Waals surface area (Å²) in [7, 11) is -5.61. The number of methoxy groups -OCH3 is 1. The molecule has 126 valence electrons. The molecule has 0 aliphatic heterocycles. The molecule has 0 heterocycles. The van der Waals surface area contributed by atoms with Crippen molar-refractivity contribution in [2.45, 2.75) is 0 Å². The minimum atomic E-state index is -3.48. The average molecular weight is 354 g/mol. The van der Waals surface area contributed by atoms with Crippen LogP contribution in [0.5, 0.6) is 11.5 Å². The summed E-state index contributed by atoms with van der Waals surface area (Å²) in [5.41, 5.74) is 0. The van der Waals surface area contributed by atoms with E-state index in [1.54, 1.807) is 12.1 Å². The molecule has 10 heteroatoms. The third-order valence-corrected chi connectivity index (χ3v) is 3.84. The van der Waals surface area contributed by atoms with Crippen molar-refractivity contribution in [2.24, 2.45) is 0 Å². The molecule has 0 atom stereocenters. The van der Waals surface area contributed by atoms with Crippen LogP contribution in [-0.4, -0.2) is 55.3 Å². The van der Waals surface area contributed by atoms with Crippen LogP contribution >= 0.6 is 0 Å². The first kappa shape index (κ1) is 18.7. The Labute approximate surface area is 130 Å². The van der Waals surface area contributed by atoms with Gasteiger partial charge in [-0.15, -0.1) is 0 Å². The highest BCUT2D eigenvalue weighted by Gasteiger charge is 2.11. The highest BCUT2D eigenvalue weighted by molar-refractivity contribution is 7.91. The summed E-state index contributed by atoms with van der Waals surface area (Å²) < 4.78 is 63.7. The molecule has 0 aliphatic rings. The zero-order chi connectivity index (χ0) is 16.6. The van der Waals surface area contributed by atoms with Crippen LogP contribution in [0.4, 0.5) is 0 Å². The molecular formula is C12H18O8S2. The largest absolute Gasteiger partial charge is 0.491 e. The zero-order valence-electron chi connectivity index (χ0n) is 12.2. The topological polar surface area (TPSA) is 105 Å². The summed E-state index contributed by atoms with van der Waals surface area (Å²) >= 11 is 0. The minimum Gasteiger partial charge on any atom is -0.491 e. The normalized spacial score (nSPS) is 12.1. The Hall–Kier alpha value is -1.36. The lowest BCUT2D eigenvalue weighted by molar-refractivity contribution is 0.222. The van der Waals surface area contributed by atoms with Crippen LogP contribution in [0.1, 0.15) is 0 Å². The van der Waals surface area contributed by atoms with Crippen molar-refractivity contribution in [3.05, 3.63) is 24.3 Å². The number of benzene rings is 1. The molecule has 0 saturated carbocycles. The first-order valence-electron chi connectivity index (χ1n) is 6.11. The number of hydrogen-bond acceptors (Lipinski definition) is 8. The molecule has 0 bridgehead atoms. The number of hydrogen-bond donors (Lipinski definition) is 0. The van der Waals surface area contributed by atoms with E-state index in [4.69, 9.17) is 9.47 Å². The predicted molar refractivity (Wildman–Crippen MR) is 79.0 cm³/mol. The van der Waals surface area contributed by atoms with Crippen molar-refractivity contribution in [3.63, 3.8) is 0 Å². The third-order valence-electron chi connectivity index (χ3n) is 2.18. The summed E-state index contributed by atoms with van der Waals surface area (Å²) in [6.45, 7) is -0.0260. The van der Waals surface area contributed by atoms with Gasteiger partial charge in [-0.1, -0.05) is 0 Å². The Balaban J connectivity index is 2.40. The second kappa shape index (κ2) is 8.32. The molecule has 0 spiro atoms. The Kier molecular flexibility index (Phi) is 7.07. The van der Waals surface area contributed by atoms with E-state index in [1.165, 1.54) is 19.2 Å². The Morgan fingerprint density at radius 1 is 0.864 bits per heavy atom. The van der Waals surface area contributed by atoms with Gasteiger partial charge in [0.15, 0.2) is 11.9 Å². The van der Waals surface area contributed by atoms with Crippen molar-refractivity contribution in [1.82, 2.24) is 0 Å². The van der Waals surface area contributed by atoms with E-state index in [0.29, 0.717) is 11.5 Å². The van der Waals surface area contributed by atoms with Crippen molar-refractivity contribution in [1.29, 1.82) is 0 Å². The lowest BCUT2D eigenvalue weighted by Gasteiger charge is -2.09. The summed E-state index contributed by atoms with van der Waals surface area (Å²) in [5.74, 6) is -0.0544. The minimum absolute atomic E-state index is 0.0650. The van der Waals surface area contributed by atoms with E-state index in [-0.39, 0.29) is 13.2 Å². The molecule has 1 rings (SSSR count). The molecule has 0 unspecified atom stereocenters. The standard InChI is InChI=1S/C12H18O8S2/c1-17-9-22(15,16)10-19-12-5-3-11(4-6-12)18-7-8-20-21(2,13)14/h3-6H,7-10H2,1-2H3. The first-order valence-corrected chi connectivity index (χ1v) is 9.75. The number of rotatable bonds is 10. The maximum Gasteiger partial charge on any atom is 0.264 e. The van der Waals surface area contributed by atoms with Gasteiger partial charge in [-0.25, -0.2) is 8.42 Å². The summed E-state index contributed by atoms with van der Waals surface area (Å²) in [5, 5.41) is 0. The van der Waals surface area contributed by atoms with Gasteiger partial charge in [0, 0.05) is 7.11 Å². The van der Waals surface area contributed by atoms with Crippen LogP contribution in [0.15, 0.2) is 24.3 Å². The second-order valence-corrected chi connectivity index (χ2v) is 7.86. The van der Waals surface area contributed by atoms with Crippen molar-refractivity contribution < 1.29 is 35.2 Å². The molecule has 0 aromatic heterocycles. The van der Waals surface area contributed by atoms with Crippen LogP contribution in [0.25, 0.3) is 0 Å². The Morgan fingerprint density at radius 3 is 1.91 bits per heavy atom. The molecule has 0 aliphatic carbocycles. The van der Waals surface area contributed by atoms with Crippen LogP contribution in [0.2, 0.25) is 0 Å². The average Bonchev–Trinajstić information content (AvgIpc) is 2.42. The molecular weight excluding hydrogens is 336 g/mol. The highest BCUT2D eigenvalue weighted by Crippen LogP contribution is 2.18. The van der Waals surface area contributed by atoms with Gasteiger partial charge < -0.3 is 14.2 Å². The SMILES string of the molecule is COCS(=O)(=O)COc1ccc(OCCOS(C)(=O)=O)cc1. The van der Waals surface area contributed by atoms with Gasteiger partial charge in [0.1, 0.15) is 24.7 Å². The first-order chi connectivity index (χ1) is 10.2. The molecule has 0 fully saturated rings.